The number of benzene rings is 1. The van der Waals surface area contributed by atoms with Crippen LogP contribution in [0, 0.1) is 16.7 Å². The van der Waals surface area contributed by atoms with Crippen molar-refractivity contribution in [3.8, 4) is 0 Å². The zero-order valence-corrected chi connectivity index (χ0v) is 23.2. The van der Waals surface area contributed by atoms with Crippen molar-refractivity contribution >= 4 is 12.8 Å². The van der Waals surface area contributed by atoms with E-state index < -0.39 is 0 Å². The normalized spacial score (nSPS) is 17.2. The lowest BCUT2D eigenvalue weighted by atomic mass is 9.53. The molecule has 0 aliphatic rings. The van der Waals surface area contributed by atoms with E-state index in [1.807, 2.05) is 12.3 Å². The first kappa shape index (κ1) is 28.8. The fourth-order valence-electron chi connectivity index (χ4n) is 6.68. The zero-order chi connectivity index (χ0) is 25.0. The molecule has 0 saturated heterocycles. The van der Waals surface area contributed by atoms with Crippen LogP contribution in [0.2, 0.25) is 0 Å². The lowest BCUT2D eigenvalue weighted by Crippen LogP contribution is -2.64. The maximum absolute atomic E-state index is 4.87. The van der Waals surface area contributed by atoms with Crippen molar-refractivity contribution < 1.29 is 0 Å². The van der Waals surface area contributed by atoms with Crippen LogP contribution in [-0.2, 0) is 6.42 Å². The Morgan fingerprint density at radius 2 is 1.59 bits per heavy atom. The summed E-state index contributed by atoms with van der Waals surface area (Å²) in [5.41, 5.74) is 2.44. The number of nitrogens with zero attached hydrogens (tertiary/aromatic N) is 1. The summed E-state index contributed by atoms with van der Waals surface area (Å²) in [6, 6.07) is 17.7. The van der Waals surface area contributed by atoms with Gasteiger partial charge in [-0.05, 0) is 56.5 Å². The molecule has 0 radical (unpaired) electrons. The van der Waals surface area contributed by atoms with Crippen molar-refractivity contribution in [2.75, 3.05) is 20.1 Å². The van der Waals surface area contributed by atoms with E-state index in [0.717, 1.165) is 50.9 Å². The number of aromatic nitrogens is 1. The summed E-state index contributed by atoms with van der Waals surface area (Å²) in [4.78, 5) is 4.87. The Hall–Kier alpha value is -1.40. The molecule has 190 valence electrons. The molecule has 4 nitrogen and oxygen atoms in total. The Kier molecular flexibility index (Phi) is 12.1. The molecular weight excluding hydrogens is 436 g/mol. The van der Waals surface area contributed by atoms with Gasteiger partial charge >= 0.3 is 0 Å². The fourth-order valence-corrected chi connectivity index (χ4v) is 7.00. The summed E-state index contributed by atoms with van der Waals surface area (Å²) < 4.78 is 3.30. The Morgan fingerprint density at radius 1 is 0.912 bits per heavy atom. The van der Waals surface area contributed by atoms with Crippen LogP contribution in [0.4, 0.5) is 0 Å². The highest BCUT2D eigenvalue weighted by molar-refractivity contribution is 7.78. The third kappa shape index (κ3) is 6.04. The molecule has 4 atom stereocenters. The molecule has 0 fully saturated rings. The molecule has 0 bridgehead atoms. The Labute approximate surface area is 214 Å². The van der Waals surface area contributed by atoms with Crippen molar-refractivity contribution in [2.45, 2.75) is 78.8 Å². The SMILES string of the molecule is CCNC(C(CC)(CNS)Cc1ccccc1)C(CC)(C(CC)CC)C(NC)c1ccccn1. The van der Waals surface area contributed by atoms with Crippen molar-refractivity contribution in [1.82, 2.24) is 20.3 Å². The molecule has 3 N–H and O–H groups in total. The summed E-state index contributed by atoms with van der Waals surface area (Å²) in [5, 5.41) is 7.82. The topological polar surface area (TPSA) is 49.0 Å². The molecular formula is C29H48N4S. The smallest absolute Gasteiger partial charge is 0.0579 e. The number of thiol groups is 1. The molecule has 5 heteroatoms. The van der Waals surface area contributed by atoms with Gasteiger partial charge in [-0.25, -0.2) is 0 Å². The van der Waals surface area contributed by atoms with E-state index in [0.29, 0.717) is 5.92 Å². The van der Waals surface area contributed by atoms with E-state index in [4.69, 9.17) is 4.98 Å². The van der Waals surface area contributed by atoms with Crippen LogP contribution in [-0.4, -0.2) is 31.2 Å². The average molecular weight is 485 g/mol. The van der Waals surface area contributed by atoms with Gasteiger partial charge in [0.25, 0.3) is 0 Å². The van der Waals surface area contributed by atoms with Crippen LogP contribution < -0.4 is 15.4 Å². The van der Waals surface area contributed by atoms with Crippen LogP contribution in [0.3, 0.4) is 0 Å². The third-order valence-electron chi connectivity index (χ3n) is 8.26. The summed E-state index contributed by atoms with van der Waals surface area (Å²) in [6.45, 7) is 13.4. The minimum atomic E-state index is -0.0436. The standard InChI is InChI=1S/C29H48N4S/c1-7-24(8-2)29(10-4,26(30-6)25-19-15-16-20-32-25)27(31-11-5)28(9-3,22-33-34)21-23-17-13-12-14-18-23/h12-20,24,26-27,30-31,33-34H,7-11,21-22H2,1-6H3. The quantitative estimate of drug-likeness (QED) is 0.213. The van der Waals surface area contributed by atoms with Crippen LogP contribution in [0.5, 0.6) is 0 Å². The van der Waals surface area contributed by atoms with E-state index in [-0.39, 0.29) is 22.9 Å². The van der Waals surface area contributed by atoms with Crippen molar-refractivity contribution in [2.24, 2.45) is 16.7 Å². The van der Waals surface area contributed by atoms with E-state index >= 15 is 0 Å². The lowest BCUT2D eigenvalue weighted by molar-refractivity contribution is -0.0302. The van der Waals surface area contributed by atoms with E-state index in [1.54, 1.807) is 0 Å². The van der Waals surface area contributed by atoms with Gasteiger partial charge in [0.15, 0.2) is 0 Å². The summed E-state index contributed by atoms with van der Waals surface area (Å²) in [5.74, 6) is 0.530. The number of rotatable bonds is 16. The maximum Gasteiger partial charge on any atom is 0.0579 e. The van der Waals surface area contributed by atoms with Crippen LogP contribution >= 0.6 is 12.8 Å². The second kappa shape index (κ2) is 14.2. The minimum absolute atomic E-state index is 0.0262. The zero-order valence-electron chi connectivity index (χ0n) is 22.3. The Bertz CT molecular complexity index is 798. The van der Waals surface area contributed by atoms with Gasteiger partial charge in [-0.15, -0.1) is 0 Å². The first-order valence-electron chi connectivity index (χ1n) is 13.3. The molecule has 2 rings (SSSR count). The molecule has 1 heterocycles. The second-order valence-electron chi connectivity index (χ2n) is 9.66. The molecule has 1 aromatic carbocycles. The van der Waals surface area contributed by atoms with Gasteiger partial charge in [-0.2, -0.15) is 0 Å². The van der Waals surface area contributed by atoms with E-state index in [1.165, 1.54) is 5.56 Å². The number of nitrogens with one attached hydrogen (secondary N) is 3. The summed E-state index contributed by atoms with van der Waals surface area (Å²) in [6.07, 6.45) is 7.31. The Balaban J connectivity index is 2.81. The van der Waals surface area contributed by atoms with Gasteiger partial charge in [0.05, 0.1) is 11.7 Å². The predicted octanol–water partition coefficient (Wildman–Crippen LogP) is 6.23. The van der Waals surface area contributed by atoms with Crippen LogP contribution in [0.15, 0.2) is 54.7 Å². The highest BCUT2D eigenvalue weighted by atomic mass is 32.1. The number of pyridine rings is 1. The molecule has 0 spiro atoms. The molecule has 2 aromatic rings. The van der Waals surface area contributed by atoms with Gasteiger partial charge in [0.1, 0.15) is 0 Å². The molecule has 0 amide bonds. The van der Waals surface area contributed by atoms with E-state index in [9.17, 15) is 0 Å². The molecule has 0 saturated carbocycles. The van der Waals surface area contributed by atoms with Crippen LogP contribution in [0.1, 0.15) is 77.6 Å². The third-order valence-corrected chi connectivity index (χ3v) is 8.42. The Morgan fingerprint density at radius 3 is 2.06 bits per heavy atom. The fraction of sp³-hybridized carbons (Fsp3) is 0.621. The van der Waals surface area contributed by atoms with Crippen molar-refractivity contribution in [3.63, 3.8) is 0 Å². The van der Waals surface area contributed by atoms with Crippen LogP contribution in [0.25, 0.3) is 0 Å². The van der Waals surface area contributed by atoms with Gasteiger partial charge in [0, 0.05) is 29.6 Å². The molecule has 4 unspecified atom stereocenters. The summed E-state index contributed by atoms with van der Waals surface area (Å²) >= 11 is 4.56. The van der Waals surface area contributed by atoms with Gasteiger partial charge in [0.2, 0.25) is 0 Å². The molecule has 1 aromatic heterocycles. The number of hydrogen-bond acceptors (Lipinski definition) is 5. The van der Waals surface area contributed by atoms with E-state index in [2.05, 4.69) is 112 Å². The maximum atomic E-state index is 4.87. The number of hydrogen-bond donors (Lipinski definition) is 4. The molecule has 34 heavy (non-hydrogen) atoms. The first-order valence-corrected chi connectivity index (χ1v) is 13.7. The second-order valence-corrected chi connectivity index (χ2v) is 9.98. The van der Waals surface area contributed by atoms with Gasteiger partial charge < -0.3 is 10.6 Å². The lowest BCUT2D eigenvalue weighted by Gasteiger charge is -2.57. The molecule has 0 aliphatic carbocycles. The predicted molar refractivity (Wildman–Crippen MR) is 150 cm³/mol. The minimum Gasteiger partial charge on any atom is -0.313 e. The average Bonchev–Trinajstić information content (AvgIpc) is 2.88. The highest BCUT2D eigenvalue weighted by Crippen LogP contribution is 2.54. The van der Waals surface area contributed by atoms with Crippen molar-refractivity contribution in [1.29, 1.82) is 0 Å². The largest absolute Gasteiger partial charge is 0.313 e. The van der Waals surface area contributed by atoms with Crippen molar-refractivity contribution in [3.05, 3.63) is 66.0 Å². The summed E-state index contributed by atoms with van der Waals surface area (Å²) in [7, 11) is 2.11. The van der Waals surface area contributed by atoms with Gasteiger partial charge in [-0.1, -0.05) is 96.7 Å². The monoisotopic (exact) mass is 484 g/mol. The highest BCUT2D eigenvalue weighted by Gasteiger charge is 2.55. The van der Waals surface area contributed by atoms with Gasteiger partial charge in [-0.3, -0.25) is 9.71 Å². The first-order chi connectivity index (χ1) is 16.5. The molecule has 0 aliphatic heterocycles.